The predicted octanol–water partition coefficient (Wildman–Crippen LogP) is 1.13. The number of aliphatic hydroxyl groups excluding tert-OH is 1. The van der Waals surface area contributed by atoms with Crippen LogP contribution in [0.2, 0.25) is 0 Å². The van der Waals surface area contributed by atoms with Gasteiger partial charge in [-0.1, -0.05) is 0 Å². The highest BCUT2D eigenvalue weighted by Crippen LogP contribution is 2.23. The lowest BCUT2D eigenvalue weighted by molar-refractivity contribution is 0.116. The van der Waals surface area contributed by atoms with E-state index in [-0.39, 0.29) is 6.10 Å². The molecule has 1 saturated carbocycles. The third-order valence-corrected chi connectivity index (χ3v) is 3.75. The van der Waals surface area contributed by atoms with E-state index in [1.165, 1.54) is 0 Å². The van der Waals surface area contributed by atoms with E-state index in [1.54, 1.807) is 11.8 Å². The minimum absolute atomic E-state index is 0.0993. The van der Waals surface area contributed by atoms with Crippen molar-refractivity contribution < 1.29 is 9.84 Å². The first kappa shape index (κ1) is 13.4. The molecule has 1 aliphatic carbocycles. The van der Waals surface area contributed by atoms with E-state index in [0.717, 1.165) is 49.4 Å². The Labute approximate surface area is 108 Å². The molecule has 1 heterocycles. The van der Waals surface area contributed by atoms with Gasteiger partial charge in [-0.15, -0.1) is 0 Å². The number of aliphatic hydroxyl groups is 1. The van der Waals surface area contributed by atoms with E-state index >= 15 is 0 Å². The zero-order valence-electron chi connectivity index (χ0n) is 11.4. The number of aryl methyl sites for hydroxylation is 2. The standard InChI is InChI=1S/C13H23N3O2/c1-9-12(13(18-3)16(2)15-9)8-14-10-4-6-11(17)7-5-10/h10-11,14,17H,4-8H2,1-3H3. The number of aromatic nitrogens is 2. The Morgan fingerprint density at radius 2 is 2.06 bits per heavy atom. The summed E-state index contributed by atoms with van der Waals surface area (Å²) in [7, 11) is 3.57. The van der Waals surface area contributed by atoms with Gasteiger partial charge >= 0.3 is 0 Å². The Morgan fingerprint density at radius 3 is 2.67 bits per heavy atom. The van der Waals surface area contributed by atoms with E-state index in [2.05, 4.69) is 10.4 Å². The summed E-state index contributed by atoms with van der Waals surface area (Å²) in [5.41, 5.74) is 2.14. The fourth-order valence-electron chi connectivity index (χ4n) is 2.67. The van der Waals surface area contributed by atoms with Crippen molar-refractivity contribution in [1.29, 1.82) is 0 Å². The van der Waals surface area contributed by atoms with Crippen LogP contribution in [0.3, 0.4) is 0 Å². The number of rotatable bonds is 4. The van der Waals surface area contributed by atoms with Gasteiger partial charge in [0.15, 0.2) is 0 Å². The van der Waals surface area contributed by atoms with Crippen molar-refractivity contribution in [3.8, 4) is 5.88 Å². The highest BCUT2D eigenvalue weighted by molar-refractivity contribution is 5.30. The molecule has 1 fully saturated rings. The molecule has 5 heteroatoms. The van der Waals surface area contributed by atoms with Gasteiger partial charge in [0.2, 0.25) is 5.88 Å². The first-order chi connectivity index (χ1) is 8.61. The molecule has 1 aromatic rings. The zero-order chi connectivity index (χ0) is 13.1. The van der Waals surface area contributed by atoms with Crippen LogP contribution in [0, 0.1) is 6.92 Å². The van der Waals surface area contributed by atoms with Crippen molar-refractivity contribution >= 4 is 0 Å². The van der Waals surface area contributed by atoms with Gasteiger partial charge in [-0.25, -0.2) is 4.68 Å². The topological polar surface area (TPSA) is 59.3 Å². The first-order valence-electron chi connectivity index (χ1n) is 6.59. The molecule has 18 heavy (non-hydrogen) atoms. The van der Waals surface area contributed by atoms with Gasteiger partial charge in [0.25, 0.3) is 0 Å². The van der Waals surface area contributed by atoms with Gasteiger partial charge < -0.3 is 15.2 Å². The lowest BCUT2D eigenvalue weighted by Crippen LogP contribution is -2.34. The summed E-state index contributed by atoms with van der Waals surface area (Å²) in [5.74, 6) is 0.829. The van der Waals surface area contributed by atoms with Crippen molar-refractivity contribution in [2.24, 2.45) is 7.05 Å². The lowest BCUT2D eigenvalue weighted by atomic mass is 9.93. The highest BCUT2D eigenvalue weighted by atomic mass is 16.5. The fourth-order valence-corrected chi connectivity index (χ4v) is 2.67. The Morgan fingerprint density at radius 1 is 1.39 bits per heavy atom. The van der Waals surface area contributed by atoms with E-state index in [9.17, 15) is 5.11 Å². The Hall–Kier alpha value is -1.07. The third kappa shape index (κ3) is 2.84. The molecule has 5 nitrogen and oxygen atoms in total. The normalized spacial score (nSPS) is 24.2. The van der Waals surface area contributed by atoms with Crippen LogP contribution in [0.25, 0.3) is 0 Å². The maximum Gasteiger partial charge on any atom is 0.216 e. The van der Waals surface area contributed by atoms with Crippen molar-refractivity contribution in [1.82, 2.24) is 15.1 Å². The summed E-state index contributed by atoms with van der Waals surface area (Å²) in [5, 5.41) is 17.4. The van der Waals surface area contributed by atoms with Crippen LogP contribution in [0.4, 0.5) is 0 Å². The monoisotopic (exact) mass is 253 g/mol. The molecule has 0 saturated heterocycles. The second-order valence-electron chi connectivity index (χ2n) is 5.08. The second kappa shape index (κ2) is 5.71. The molecule has 0 amide bonds. The van der Waals surface area contributed by atoms with E-state index < -0.39 is 0 Å². The van der Waals surface area contributed by atoms with Gasteiger partial charge in [-0.2, -0.15) is 5.10 Å². The molecule has 2 N–H and O–H groups in total. The maximum atomic E-state index is 9.48. The lowest BCUT2D eigenvalue weighted by Gasteiger charge is -2.26. The summed E-state index contributed by atoms with van der Waals surface area (Å²) >= 11 is 0. The average Bonchev–Trinajstić information content (AvgIpc) is 2.62. The quantitative estimate of drug-likeness (QED) is 0.844. The fraction of sp³-hybridized carbons (Fsp3) is 0.769. The Kier molecular flexibility index (Phi) is 4.24. The van der Waals surface area contributed by atoms with Crippen LogP contribution in [-0.2, 0) is 13.6 Å². The number of nitrogens with zero attached hydrogens (tertiary/aromatic N) is 2. The second-order valence-corrected chi connectivity index (χ2v) is 5.08. The summed E-state index contributed by atoms with van der Waals surface area (Å²) in [6, 6.07) is 0.498. The summed E-state index contributed by atoms with van der Waals surface area (Å²) in [6.45, 7) is 2.79. The molecule has 0 radical (unpaired) electrons. The SMILES string of the molecule is COc1c(CNC2CCC(O)CC2)c(C)nn1C. The summed E-state index contributed by atoms with van der Waals surface area (Å²) < 4.78 is 7.15. The molecular weight excluding hydrogens is 230 g/mol. The molecule has 0 atom stereocenters. The van der Waals surface area contributed by atoms with Crippen LogP contribution in [0.1, 0.15) is 36.9 Å². The largest absolute Gasteiger partial charge is 0.481 e. The molecule has 1 aromatic heterocycles. The van der Waals surface area contributed by atoms with E-state index in [1.807, 2.05) is 14.0 Å². The van der Waals surface area contributed by atoms with E-state index in [0.29, 0.717) is 6.04 Å². The van der Waals surface area contributed by atoms with Crippen LogP contribution in [0.15, 0.2) is 0 Å². The number of methoxy groups -OCH3 is 1. The van der Waals surface area contributed by atoms with E-state index in [4.69, 9.17) is 4.74 Å². The van der Waals surface area contributed by atoms with Crippen molar-refractivity contribution in [3.63, 3.8) is 0 Å². The number of ether oxygens (including phenoxy) is 1. The van der Waals surface area contributed by atoms with Gasteiger partial charge in [-0.05, 0) is 32.6 Å². The third-order valence-electron chi connectivity index (χ3n) is 3.75. The van der Waals surface area contributed by atoms with Crippen LogP contribution < -0.4 is 10.1 Å². The Balaban J connectivity index is 1.94. The number of hydrogen-bond donors (Lipinski definition) is 2. The average molecular weight is 253 g/mol. The molecule has 0 bridgehead atoms. The van der Waals surface area contributed by atoms with Crippen molar-refractivity contribution in [3.05, 3.63) is 11.3 Å². The molecular formula is C13H23N3O2. The summed E-state index contributed by atoms with van der Waals surface area (Å²) in [4.78, 5) is 0. The molecule has 0 aromatic carbocycles. The molecule has 0 spiro atoms. The van der Waals surface area contributed by atoms with Gasteiger partial charge in [0.1, 0.15) is 0 Å². The molecule has 0 unspecified atom stereocenters. The smallest absolute Gasteiger partial charge is 0.216 e. The van der Waals surface area contributed by atoms with Crippen LogP contribution in [0.5, 0.6) is 5.88 Å². The molecule has 1 aliphatic rings. The first-order valence-corrected chi connectivity index (χ1v) is 6.59. The van der Waals surface area contributed by atoms with Crippen LogP contribution >= 0.6 is 0 Å². The highest BCUT2D eigenvalue weighted by Gasteiger charge is 2.20. The predicted molar refractivity (Wildman–Crippen MR) is 69.6 cm³/mol. The summed E-state index contributed by atoms with van der Waals surface area (Å²) in [6.07, 6.45) is 3.80. The van der Waals surface area contributed by atoms with Crippen molar-refractivity contribution in [2.45, 2.75) is 51.3 Å². The molecule has 0 aliphatic heterocycles. The van der Waals surface area contributed by atoms with Crippen molar-refractivity contribution in [2.75, 3.05) is 7.11 Å². The van der Waals surface area contributed by atoms with Gasteiger partial charge in [0.05, 0.1) is 24.5 Å². The molecule has 102 valence electrons. The van der Waals surface area contributed by atoms with Gasteiger partial charge in [0, 0.05) is 19.6 Å². The zero-order valence-corrected chi connectivity index (χ0v) is 11.4. The molecule has 2 rings (SSSR count). The number of nitrogens with one attached hydrogen (secondary N) is 1. The maximum absolute atomic E-state index is 9.48. The minimum atomic E-state index is -0.0993. The number of hydrogen-bond acceptors (Lipinski definition) is 4. The Bertz CT molecular complexity index is 395. The van der Waals surface area contributed by atoms with Crippen LogP contribution in [-0.4, -0.2) is 34.1 Å². The minimum Gasteiger partial charge on any atom is -0.481 e. The van der Waals surface area contributed by atoms with Gasteiger partial charge in [-0.3, -0.25) is 0 Å².